The Bertz CT molecular complexity index is 816. The Morgan fingerprint density at radius 3 is 2.70 bits per heavy atom. The maximum absolute atomic E-state index is 11.3. The highest BCUT2D eigenvalue weighted by molar-refractivity contribution is 5.75. The second-order valence-corrected chi connectivity index (χ2v) is 4.80. The number of pyridine rings is 1. The van der Waals surface area contributed by atoms with Crippen LogP contribution in [0.15, 0.2) is 47.4 Å². The first-order valence-electron chi connectivity index (χ1n) is 6.46. The molecule has 0 bridgehead atoms. The summed E-state index contributed by atoms with van der Waals surface area (Å²) in [6.07, 6.45) is 1.78. The number of nitrogens with one attached hydrogen (secondary N) is 1. The van der Waals surface area contributed by atoms with E-state index in [1.807, 2.05) is 25.2 Å². The summed E-state index contributed by atoms with van der Waals surface area (Å²) in [5, 5.41) is 3.29. The fourth-order valence-electron chi connectivity index (χ4n) is 2.23. The van der Waals surface area contributed by atoms with Gasteiger partial charge in [-0.2, -0.15) is 0 Å². The maximum atomic E-state index is 11.3. The Labute approximate surface area is 116 Å². The molecule has 2 heterocycles. The summed E-state index contributed by atoms with van der Waals surface area (Å²) in [4.78, 5) is 15.9. The molecule has 0 atom stereocenters. The highest BCUT2D eigenvalue weighted by Gasteiger charge is 2.06. The summed E-state index contributed by atoms with van der Waals surface area (Å²) in [6, 6.07) is 11.4. The van der Waals surface area contributed by atoms with E-state index in [4.69, 9.17) is 0 Å². The molecule has 0 aliphatic rings. The normalized spacial score (nSPS) is 10.9. The van der Waals surface area contributed by atoms with Crippen LogP contribution >= 0.6 is 0 Å². The third-order valence-electron chi connectivity index (χ3n) is 3.42. The molecule has 1 aromatic carbocycles. The Morgan fingerprint density at radius 1 is 1.15 bits per heavy atom. The summed E-state index contributed by atoms with van der Waals surface area (Å²) in [5.41, 5.74) is 2.99. The van der Waals surface area contributed by atoms with E-state index in [0.717, 1.165) is 22.5 Å². The predicted molar refractivity (Wildman–Crippen MR) is 79.7 cm³/mol. The molecule has 5 nitrogen and oxygen atoms in total. The topological polar surface area (TPSA) is 51.9 Å². The lowest BCUT2D eigenvalue weighted by Gasteiger charge is -2.07. The molecule has 0 amide bonds. The van der Waals surface area contributed by atoms with Crippen molar-refractivity contribution in [3.63, 3.8) is 0 Å². The number of nitrogens with zero attached hydrogens (tertiary/aromatic N) is 3. The van der Waals surface area contributed by atoms with Gasteiger partial charge in [-0.1, -0.05) is 12.1 Å². The van der Waals surface area contributed by atoms with Crippen LogP contribution in [-0.2, 0) is 20.6 Å². The van der Waals surface area contributed by atoms with E-state index >= 15 is 0 Å². The van der Waals surface area contributed by atoms with Gasteiger partial charge in [0.2, 0.25) is 5.56 Å². The lowest BCUT2D eigenvalue weighted by molar-refractivity contribution is 0.826. The van der Waals surface area contributed by atoms with Crippen molar-refractivity contribution in [1.29, 1.82) is 0 Å². The first kappa shape index (κ1) is 12.5. The summed E-state index contributed by atoms with van der Waals surface area (Å²) >= 11 is 0. The molecule has 3 rings (SSSR count). The number of hydrogen-bond acceptors (Lipinski definition) is 3. The van der Waals surface area contributed by atoms with Gasteiger partial charge in [0, 0.05) is 26.4 Å². The number of rotatable bonds is 3. The maximum Gasteiger partial charge on any atom is 0.250 e. The highest BCUT2D eigenvalue weighted by atomic mass is 16.1. The number of benzene rings is 1. The van der Waals surface area contributed by atoms with Crippen LogP contribution < -0.4 is 10.9 Å². The SMILES string of the molecule is Cn1cc(NCc2nc3ccccc3n2C)ccc1=O. The van der Waals surface area contributed by atoms with E-state index in [1.165, 1.54) is 0 Å². The molecule has 5 heteroatoms. The van der Waals surface area contributed by atoms with E-state index in [9.17, 15) is 4.79 Å². The second-order valence-electron chi connectivity index (χ2n) is 4.80. The molecular formula is C15H16N4O. The van der Waals surface area contributed by atoms with Crippen LogP contribution in [0.4, 0.5) is 5.69 Å². The van der Waals surface area contributed by atoms with Gasteiger partial charge in [-0.15, -0.1) is 0 Å². The van der Waals surface area contributed by atoms with Crippen LogP contribution in [0.3, 0.4) is 0 Å². The van der Waals surface area contributed by atoms with Gasteiger partial charge in [-0.3, -0.25) is 4.79 Å². The van der Waals surface area contributed by atoms with E-state index in [1.54, 1.807) is 29.9 Å². The third-order valence-corrected chi connectivity index (χ3v) is 3.42. The fourth-order valence-corrected chi connectivity index (χ4v) is 2.23. The van der Waals surface area contributed by atoms with Crippen LogP contribution in [0.2, 0.25) is 0 Å². The molecule has 0 saturated heterocycles. The Kier molecular flexibility index (Phi) is 3.02. The molecule has 0 fully saturated rings. The zero-order valence-electron chi connectivity index (χ0n) is 11.5. The van der Waals surface area contributed by atoms with Crippen LogP contribution in [0.25, 0.3) is 11.0 Å². The van der Waals surface area contributed by atoms with Crippen LogP contribution in [0.5, 0.6) is 0 Å². The lowest BCUT2D eigenvalue weighted by Crippen LogP contribution is -2.15. The fraction of sp³-hybridized carbons (Fsp3) is 0.200. The van der Waals surface area contributed by atoms with E-state index < -0.39 is 0 Å². The molecule has 102 valence electrons. The summed E-state index contributed by atoms with van der Waals surface area (Å²) in [6.45, 7) is 0.614. The largest absolute Gasteiger partial charge is 0.377 e. The van der Waals surface area contributed by atoms with Gasteiger partial charge in [-0.05, 0) is 18.2 Å². The molecule has 0 radical (unpaired) electrons. The van der Waals surface area contributed by atoms with E-state index in [-0.39, 0.29) is 5.56 Å². The average Bonchev–Trinajstić information content (AvgIpc) is 2.77. The second kappa shape index (κ2) is 4.85. The summed E-state index contributed by atoms with van der Waals surface area (Å²) < 4.78 is 3.63. The molecule has 20 heavy (non-hydrogen) atoms. The van der Waals surface area contributed by atoms with Gasteiger partial charge >= 0.3 is 0 Å². The zero-order chi connectivity index (χ0) is 14.1. The minimum atomic E-state index is -0.0155. The standard InChI is InChI=1S/C15H16N4O/c1-18-10-11(7-8-15(18)20)16-9-14-17-12-5-3-4-6-13(12)19(14)2/h3-8,10,16H,9H2,1-2H3. The van der Waals surface area contributed by atoms with E-state index in [0.29, 0.717) is 6.54 Å². The molecule has 0 aliphatic heterocycles. The predicted octanol–water partition coefficient (Wildman–Crippen LogP) is 1.88. The third kappa shape index (κ3) is 2.18. The summed E-state index contributed by atoms with van der Waals surface area (Å²) in [5.74, 6) is 0.958. The van der Waals surface area contributed by atoms with Crippen LogP contribution in [-0.4, -0.2) is 14.1 Å². The van der Waals surface area contributed by atoms with Crippen molar-refractivity contribution in [2.45, 2.75) is 6.54 Å². The van der Waals surface area contributed by atoms with Gasteiger partial charge < -0.3 is 14.5 Å². The van der Waals surface area contributed by atoms with Gasteiger partial charge in [0.05, 0.1) is 23.3 Å². The minimum absolute atomic E-state index is 0.0155. The van der Waals surface area contributed by atoms with Crippen molar-refractivity contribution in [3.05, 3.63) is 58.8 Å². The average molecular weight is 268 g/mol. The number of anilines is 1. The number of imidazole rings is 1. The highest BCUT2D eigenvalue weighted by Crippen LogP contribution is 2.15. The van der Waals surface area contributed by atoms with Crippen molar-refractivity contribution in [2.24, 2.45) is 14.1 Å². The first-order chi connectivity index (χ1) is 9.65. The van der Waals surface area contributed by atoms with Gasteiger partial charge in [0.1, 0.15) is 5.82 Å². The molecule has 0 aliphatic carbocycles. The van der Waals surface area contributed by atoms with Crippen molar-refractivity contribution in [3.8, 4) is 0 Å². The molecule has 3 aromatic rings. The van der Waals surface area contributed by atoms with Gasteiger partial charge in [0.25, 0.3) is 0 Å². The molecule has 2 aromatic heterocycles. The van der Waals surface area contributed by atoms with E-state index in [2.05, 4.69) is 20.9 Å². The smallest absolute Gasteiger partial charge is 0.250 e. The first-order valence-corrected chi connectivity index (χ1v) is 6.46. The zero-order valence-corrected chi connectivity index (χ0v) is 11.5. The number of fused-ring (bicyclic) bond motifs is 1. The van der Waals surface area contributed by atoms with Gasteiger partial charge in [-0.25, -0.2) is 4.98 Å². The number of aryl methyl sites for hydroxylation is 2. The Morgan fingerprint density at radius 2 is 1.95 bits per heavy atom. The molecule has 0 spiro atoms. The van der Waals surface area contributed by atoms with Crippen molar-refractivity contribution in [1.82, 2.24) is 14.1 Å². The monoisotopic (exact) mass is 268 g/mol. The van der Waals surface area contributed by atoms with Gasteiger partial charge in [0.15, 0.2) is 0 Å². The van der Waals surface area contributed by atoms with Crippen molar-refractivity contribution < 1.29 is 0 Å². The van der Waals surface area contributed by atoms with Crippen molar-refractivity contribution in [2.75, 3.05) is 5.32 Å². The molecular weight excluding hydrogens is 252 g/mol. The molecule has 0 unspecified atom stereocenters. The van der Waals surface area contributed by atoms with Crippen LogP contribution in [0.1, 0.15) is 5.82 Å². The number of aromatic nitrogens is 3. The Balaban J connectivity index is 1.84. The minimum Gasteiger partial charge on any atom is -0.377 e. The Hall–Kier alpha value is -2.56. The quantitative estimate of drug-likeness (QED) is 0.789. The summed E-state index contributed by atoms with van der Waals surface area (Å²) in [7, 11) is 3.75. The molecule has 0 saturated carbocycles. The lowest BCUT2D eigenvalue weighted by atomic mass is 10.3. The van der Waals surface area contributed by atoms with Crippen LogP contribution in [0, 0.1) is 0 Å². The molecule has 1 N–H and O–H groups in total. The number of para-hydroxylation sites is 2. The van der Waals surface area contributed by atoms with Crippen molar-refractivity contribution >= 4 is 16.7 Å². The number of hydrogen-bond donors (Lipinski definition) is 1.